The molecule has 3 aromatic rings. The van der Waals surface area contributed by atoms with Crippen LogP contribution in [0.4, 0.5) is 8.78 Å². The molecule has 6 nitrogen and oxygen atoms in total. The minimum Gasteiger partial charge on any atom is -0.493 e. The molecule has 35 heavy (non-hydrogen) atoms. The van der Waals surface area contributed by atoms with Crippen LogP contribution in [-0.4, -0.2) is 39.7 Å². The number of alkyl halides is 2. The van der Waals surface area contributed by atoms with E-state index in [4.69, 9.17) is 4.74 Å². The number of rotatable bonds is 8. The highest BCUT2D eigenvalue weighted by molar-refractivity contribution is 5.93. The van der Waals surface area contributed by atoms with Crippen LogP contribution in [0.2, 0.25) is 0 Å². The van der Waals surface area contributed by atoms with Gasteiger partial charge in [0.15, 0.2) is 0 Å². The van der Waals surface area contributed by atoms with Gasteiger partial charge in [-0.15, -0.1) is 0 Å². The number of nitrogens with one attached hydrogen (secondary N) is 1. The molecule has 0 saturated heterocycles. The number of halogens is 2. The van der Waals surface area contributed by atoms with Crippen LogP contribution in [0.3, 0.4) is 0 Å². The van der Waals surface area contributed by atoms with Gasteiger partial charge >= 0.3 is 0 Å². The number of carbonyl (C=O) groups is 1. The fourth-order valence-corrected chi connectivity index (χ4v) is 4.53. The number of hydrogen-bond donors (Lipinski definition) is 1. The van der Waals surface area contributed by atoms with E-state index >= 15 is 0 Å². The lowest BCUT2D eigenvalue weighted by atomic mass is 9.98. The van der Waals surface area contributed by atoms with Gasteiger partial charge in [0.25, 0.3) is 11.8 Å². The maximum atomic E-state index is 13.1. The number of nitrogens with zero attached hydrogens (tertiary/aromatic N) is 3. The molecule has 1 aromatic heterocycles. The lowest BCUT2D eigenvalue weighted by Crippen LogP contribution is -2.30. The molecule has 1 aliphatic carbocycles. The Balaban J connectivity index is 1.13. The second-order valence-corrected chi connectivity index (χ2v) is 9.70. The summed E-state index contributed by atoms with van der Waals surface area (Å²) in [4.78, 5) is 14.8. The van der Waals surface area contributed by atoms with Gasteiger partial charge in [0.05, 0.1) is 30.3 Å². The van der Waals surface area contributed by atoms with E-state index in [2.05, 4.69) is 45.6 Å². The van der Waals surface area contributed by atoms with Crippen LogP contribution in [0.5, 0.6) is 5.75 Å². The van der Waals surface area contributed by atoms with Gasteiger partial charge in [-0.3, -0.25) is 14.4 Å². The van der Waals surface area contributed by atoms with Crippen molar-refractivity contribution in [1.29, 1.82) is 0 Å². The Morgan fingerprint density at radius 3 is 2.69 bits per heavy atom. The van der Waals surface area contributed by atoms with Gasteiger partial charge in [0.1, 0.15) is 5.75 Å². The predicted molar refractivity (Wildman–Crippen MR) is 128 cm³/mol. The molecule has 5 rings (SSSR count). The number of fused-ring (bicyclic) bond motifs is 1. The third kappa shape index (κ3) is 5.53. The maximum absolute atomic E-state index is 13.1. The van der Waals surface area contributed by atoms with E-state index in [9.17, 15) is 13.6 Å². The van der Waals surface area contributed by atoms with Crippen molar-refractivity contribution >= 4 is 5.91 Å². The molecular weight excluding hydrogens is 450 g/mol. The molecule has 2 aromatic carbocycles. The minimum absolute atomic E-state index is 0.0627. The van der Waals surface area contributed by atoms with E-state index in [0.29, 0.717) is 11.3 Å². The molecule has 1 N–H and O–H groups in total. The van der Waals surface area contributed by atoms with Crippen LogP contribution in [-0.2, 0) is 26.6 Å². The van der Waals surface area contributed by atoms with Gasteiger partial charge in [0.2, 0.25) is 0 Å². The van der Waals surface area contributed by atoms with Crippen molar-refractivity contribution in [2.45, 2.75) is 44.8 Å². The van der Waals surface area contributed by atoms with Crippen molar-refractivity contribution in [3.63, 3.8) is 0 Å². The van der Waals surface area contributed by atoms with E-state index in [1.54, 1.807) is 24.1 Å². The monoisotopic (exact) mass is 480 g/mol. The predicted octanol–water partition coefficient (Wildman–Crippen LogP) is 4.50. The number of amides is 1. The van der Waals surface area contributed by atoms with Gasteiger partial charge in [-0.25, -0.2) is 8.78 Å². The highest BCUT2D eigenvalue weighted by atomic mass is 19.3. The third-order valence-corrected chi connectivity index (χ3v) is 6.88. The Morgan fingerprint density at radius 2 is 2.00 bits per heavy atom. The van der Waals surface area contributed by atoms with E-state index in [0.717, 1.165) is 31.6 Å². The van der Waals surface area contributed by atoms with E-state index in [-0.39, 0.29) is 25.0 Å². The largest absolute Gasteiger partial charge is 0.493 e. The molecule has 1 saturated carbocycles. The lowest BCUT2D eigenvalue weighted by Gasteiger charge is -2.29. The molecular formula is C27H30F2N4O2. The Morgan fingerprint density at radius 1 is 1.23 bits per heavy atom. The zero-order valence-electron chi connectivity index (χ0n) is 20.0. The van der Waals surface area contributed by atoms with Crippen LogP contribution in [0.25, 0.3) is 0 Å². The summed E-state index contributed by atoms with van der Waals surface area (Å²) in [6, 6.07) is 14.2. The van der Waals surface area contributed by atoms with Crippen LogP contribution >= 0.6 is 0 Å². The molecule has 0 radical (unpaired) electrons. The number of hydrogen-bond acceptors (Lipinski definition) is 4. The average Bonchev–Trinajstić information content (AvgIpc) is 3.21. The molecule has 2 aliphatic rings. The summed E-state index contributed by atoms with van der Waals surface area (Å²) in [7, 11) is 1.78. The molecule has 1 aliphatic heterocycles. The quantitative estimate of drug-likeness (QED) is 0.516. The molecule has 2 heterocycles. The first kappa shape index (κ1) is 23.5. The standard InChI is InChI=1S/C27H30F2N4O2/c1-18(31-26(34)23-13-30-32(2)15-23)20-5-3-19(4-6-20)14-33-10-9-21-11-25(8-7-22(21)16-33)35-17-24-12-27(24,28)29/h3-8,11,13,15,18,24H,9-10,12,14,16-17H2,1-2H3,(H,31,34)/t18-,24?/m0/s1. The average molecular weight is 481 g/mol. The summed E-state index contributed by atoms with van der Waals surface area (Å²) in [5.41, 5.74) is 5.29. The Hall–Kier alpha value is -3.26. The molecule has 0 spiro atoms. The van der Waals surface area contributed by atoms with Crippen LogP contribution < -0.4 is 10.1 Å². The van der Waals surface area contributed by atoms with E-state index in [1.165, 1.54) is 16.7 Å². The third-order valence-electron chi connectivity index (χ3n) is 6.88. The molecule has 0 bridgehead atoms. The second kappa shape index (κ2) is 9.41. The topological polar surface area (TPSA) is 59.4 Å². The van der Waals surface area contributed by atoms with Crippen LogP contribution in [0.15, 0.2) is 54.9 Å². The maximum Gasteiger partial charge on any atom is 0.255 e. The van der Waals surface area contributed by atoms with Crippen LogP contribution in [0, 0.1) is 5.92 Å². The van der Waals surface area contributed by atoms with Crippen LogP contribution in [0.1, 0.15) is 52.0 Å². The molecule has 184 valence electrons. The van der Waals surface area contributed by atoms with Crippen molar-refractivity contribution < 1.29 is 18.3 Å². The summed E-state index contributed by atoms with van der Waals surface area (Å²) < 4.78 is 33.4. The summed E-state index contributed by atoms with van der Waals surface area (Å²) in [6.45, 7) is 4.66. The normalized spacial score (nSPS) is 19.6. The van der Waals surface area contributed by atoms with Gasteiger partial charge in [-0.2, -0.15) is 5.10 Å². The Kier molecular flexibility index (Phi) is 6.32. The molecule has 8 heteroatoms. The van der Waals surface area contributed by atoms with Gasteiger partial charge in [-0.05, 0) is 47.7 Å². The number of carbonyl (C=O) groups excluding carboxylic acids is 1. The van der Waals surface area contributed by atoms with Crippen molar-refractivity contribution in [2.75, 3.05) is 13.2 Å². The first-order valence-electron chi connectivity index (χ1n) is 12.0. The summed E-state index contributed by atoms with van der Waals surface area (Å²) in [6.07, 6.45) is 4.10. The first-order chi connectivity index (χ1) is 16.8. The number of ether oxygens (including phenoxy) is 1. The van der Waals surface area contributed by atoms with E-state index in [1.807, 2.05) is 19.1 Å². The zero-order chi connectivity index (χ0) is 24.6. The number of aryl methyl sites for hydroxylation is 1. The Bertz CT molecular complexity index is 1210. The van der Waals surface area contributed by atoms with Crippen molar-refractivity contribution in [3.8, 4) is 5.75 Å². The smallest absolute Gasteiger partial charge is 0.255 e. The summed E-state index contributed by atoms with van der Waals surface area (Å²) >= 11 is 0. The fourth-order valence-electron chi connectivity index (χ4n) is 4.53. The summed E-state index contributed by atoms with van der Waals surface area (Å²) in [5.74, 6) is -2.64. The Labute approximate surface area is 203 Å². The van der Waals surface area contributed by atoms with Crippen molar-refractivity contribution in [3.05, 3.63) is 82.7 Å². The van der Waals surface area contributed by atoms with Gasteiger partial charge < -0.3 is 10.1 Å². The van der Waals surface area contributed by atoms with Gasteiger partial charge in [-0.1, -0.05) is 30.3 Å². The van der Waals surface area contributed by atoms with Crippen molar-refractivity contribution in [2.24, 2.45) is 13.0 Å². The molecule has 1 unspecified atom stereocenters. The van der Waals surface area contributed by atoms with Gasteiger partial charge in [0, 0.05) is 39.3 Å². The molecule has 1 fully saturated rings. The number of aromatic nitrogens is 2. The minimum atomic E-state index is -2.54. The van der Waals surface area contributed by atoms with E-state index < -0.39 is 11.8 Å². The zero-order valence-corrected chi connectivity index (χ0v) is 20.0. The summed E-state index contributed by atoms with van der Waals surface area (Å²) in [5, 5.41) is 7.06. The van der Waals surface area contributed by atoms with Crippen molar-refractivity contribution in [1.82, 2.24) is 20.0 Å². The number of benzene rings is 2. The second-order valence-electron chi connectivity index (χ2n) is 9.70. The lowest BCUT2D eigenvalue weighted by molar-refractivity contribution is 0.0855. The SMILES string of the molecule is C[C@H](NC(=O)c1cnn(C)c1)c1ccc(CN2CCc3cc(OCC4CC4(F)F)ccc3C2)cc1. The first-order valence-corrected chi connectivity index (χ1v) is 12.0. The molecule has 1 amide bonds. The fraction of sp³-hybridized carbons (Fsp3) is 0.407. The highest BCUT2D eigenvalue weighted by Gasteiger charge is 2.57. The molecule has 2 atom stereocenters. The highest BCUT2D eigenvalue weighted by Crippen LogP contribution is 2.48.